The molecule has 15 heavy (non-hydrogen) atoms. The fraction of sp³-hybridized carbons (Fsp3) is 0.556. The maximum absolute atomic E-state index is 11.4. The summed E-state index contributed by atoms with van der Waals surface area (Å²) in [6.07, 6.45) is 2.01. The molecular formula is C9H11N3O3. The Morgan fingerprint density at radius 1 is 1.20 bits per heavy atom. The average Bonchev–Trinajstić information content (AvgIpc) is 2.85. The zero-order chi connectivity index (χ0) is 11.0. The summed E-state index contributed by atoms with van der Waals surface area (Å²) in [5.41, 5.74) is 0.472. The molecule has 0 atom stereocenters. The first-order valence-electron chi connectivity index (χ1n) is 4.78. The van der Waals surface area contributed by atoms with Crippen molar-refractivity contribution in [3.8, 4) is 0 Å². The number of carbonyl (C=O) groups is 3. The Morgan fingerprint density at radius 2 is 1.73 bits per heavy atom. The number of amides is 4. The van der Waals surface area contributed by atoms with Gasteiger partial charge >= 0.3 is 6.03 Å². The molecule has 0 aromatic rings. The second-order valence-corrected chi connectivity index (χ2v) is 3.74. The van der Waals surface area contributed by atoms with Gasteiger partial charge in [0, 0.05) is 5.71 Å². The van der Waals surface area contributed by atoms with Gasteiger partial charge < -0.3 is 0 Å². The van der Waals surface area contributed by atoms with Crippen LogP contribution in [0.1, 0.15) is 19.8 Å². The lowest BCUT2D eigenvalue weighted by Crippen LogP contribution is -2.57. The average molecular weight is 209 g/mol. The quantitative estimate of drug-likeness (QED) is 0.478. The smallest absolute Gasteiger partial charge is 0.290 e. The SMILES string of the molecule is CC(=NC1CC1)C1C(=O)NC(=O)NC1=O. The highest BCUT2D eigenvalue weighted by atomic mass is 16.2. The van der Waals surface area contributed by atoms with Gasteiger partial charge in [0.1, 0.15) is 0 Å². The minimum absolute atomic E-state index is 0.253. The van der Waals surface area contributed by atoms with Gasteiger partial charge in [0.15, 0.2) is 5.92 Å². The van der Waals surface area contributed by atoms with Crippen LogP contribution in [0.4, 0.5) is 4.79 Å². The maximum atomic E-state index is 11.4. The van der Waals surface area contributed by atoms with E-state index in [0.29, 0.717) is 5.71 Å². The zero-order valence-corrected chi connectivity index (χ0v) is 8.24. The Bertz CT molecular complexity index is 351. The van der Waals surface area contributed by atoms with Gasteiger partial charge in [-0.2, -0.15) is 0 Å². The molecule has 0 radical (unpaired) electrons. The Labute approximate surface area is 86.1 Å². The van der Waals surface area contributed by atoms with Crippen molar-refractivity contribution in [1.29, 1.82) is 0 Å². The molecule has 0 bridgehead atoms. The van der Waals surface area contributed by atoms with Crippen LogP contribution in [0.2, 0.25) is 0 Å². The molecular weight excluding hydrogens is 198 g/mol. The van der Waals surface area contributed by atoms with E-state index in [1.54, 1.807) is 6.92 Å². The molecule has 2 rings (SSSR count). The first-order chi connectivity index (χ1) is 7.08. The van der Waals surface area contributed by atoms with Gasteiger partial charge in [0.05, 0.1) is 6.04 Å². The minimum atomic E-state index is -0.955. The Kier molecular flexibility index (Phi) is 2.26. The monoisotopic (exact) mass is 209 g/mol. The standard InChI is InChI=1S/C9H11N3O3/c1-4(10-5-2-3-5)6-7(13)11-9(15)12-8(6)14/h5-6H,2-3H2,1H3,(H2,11,12,13,14,15). The second kappa shape index (κ2) is 3.45. The number of nitrogens with one attached hydrogen (secondary N) is 2. The molecule has 0 aromatic heterocycles. The van der Waals surface area contributed by atoms with E-state index >= 15 is 0 Å². The number of rotatable bonds is 2. The summed E-state index contributed by atoms with van der Waals surface area (Å²) in [7, 11) is 0. The Hall–Kier alpha value is -1.72. The van der Waals surface area contributed by atoms with Crippen molar-refractivity contribution in [3.05, 3.63) is 0 Å². The Balaban J connectivity index is 2.15. The summed E-state index contributed by atoms with van der Waals surface area (Å²) in [6.45, 7) is 1.64. The molecule has 1 saturated carbocycles. The number of aliphatic imine (C=N–C) groups is 1. The lowest BCUT2D eigenvalue weighted by atomic mass is 10.0. The predicted octanol–water partition coefficient (Wildman–Crippen LogP) is -0.408. The van der Waals surface area contributed by atoms with Crippen LogP contribution in [0, 0.1) is 5.92 Å². The lowest BCUT2D eigenvalue weighted by molar-refractivity contribution is -0.132. The largest absolute Gasteiger partial charge is 0.328 e. The molecule has 2 aliphatic rings. The van der Waals surface area contributed by atoms with Gasteiger partial charge in [-0.15, -0.1) is 0 Å². The maximum Gasteiger partial charge on any atom is 0.328 e. The van der Waals surface area contributed by atoms with E-state index in [4.69, 9.17) is 0 Å². The molecule has 6 heteroatoms. The summed E-state index contributed by atoms with van der Waals surface area (Å²) >= 11 is 0. The van der Waals surface area contributed by atoms with Crippen LogP contribution in [-0.4, -0.2) is 29.6 Å². The van der Waals surface area contributed by atoms with Crippen molar-refractivity contribution >= 4 is 23.6 Å². The van der Waals surface area contributed by atoms with E-state index < -0.39 is 23.8 Å². The van der Waals surface area contributed by atoms with Crippen molar-refractivity contribution in [2.45, 2.75) is 25.8 Å². The molecule has 1 saturated heterocycles. The summed E-state index contributed by atoms with van der Waals surface area (Å²) < 4.78 is 0. The molecule has 6 nitrogen and oxygen atoms in total. The molecule has 4 amide bonds. The van der Waals surface area contributed by atoms with Gasteiger partial charge in [-0.05, 0) is 19.8 Å². The fourth-order valence-electron chi connectivity index (χ4n) is 1.46. The van der Waals surface area contributed by atoms with Crippen LogP contribution in [0.5, 0.6) is 0 Å². The van der Waals surface area contributed by atoms with Crippen molar-refractivity contribution in [1.82, 2.24) is 10.6 Å². The van der Waals surface area contributed by atoms with Gasteiger partial charge in [-0.1, -0.05) is 0 Å². The summed E-state index contributed by atoms with van der Waals surface area (Å²) in [5.74, 6) is -2.14. The van der Waals surface area contributed by atoms with E-state index in [1.165, 1.54) is 0 Å². The van der Waals surface area contributed by atoms with Crippen LogP contribution in [0.25, 0.3) is 0 Å². The van der Waals surface area contributed by atoms with Crippen LogP contribution < -0.4 is 10.6 Å². The van der Waals surface area contributed by atoms with Gasteiger partial charge in [-0.3, -0.25) is 25.2 Å². The molecule has 0 spiro atoms. The van der Waals surface area contributed by atoms with Crippen molar-refractivity contribution in [3.63, 3.8) is 0 Å². The van der Waals surface area contributed by atoms with Gasteiger partial charge in [0.25, 0.3) is 0 Å². The first-order valence-corrected chi connectivity index (χ1v) is 4.78. The van der Waals surface area contributed by atoms with Crippen LogP contribution in [-0.2, 0) is 9.59 Å². The number of barbiturate groups is 1. The third-order valence-electron chi connectivity index (χ3n) is 2.35. The highest BCUT2D eigenvalue weighted by Gasteiger charge is 2.37. The number of hydrogen-bond donors (Lipinski definition) is 2. The molecule has 0 unspecified atom stereocenters. The molecule has 0 aromatic carbocycles. The molecule has 2 N–H and O–H groups in total. The third-order valence-corrected chi connectivity index (χ3v) is 2.35. The van der Waals surface area contributed by atoms with E-state index in [2.05, 4.69) is 4.99 Å². The van der Waals surface area contributed by atoms with Crippen molar-refractivity contribution in [2.24, 2.45) is 10.9 Å². The first kappa shape index (κ1) is 9.82. The number of imide groups is 2. The van der Waals surface area contributed by atoms with Crippen LogP contribution in [0.3, 0.4) is 0 Å². The molecule has 1 aliphatic heterocycles. The van der Waals surface area contributed by atoms with Crippen molar-refractivity contribution < 1.29 is 14.4 Å². The molecule has 1 heterocycles. The summed E-state index contributed by atoms with van der Waals surface area (Å²) in [6, 6.07) is -0.510. The lowest BCUT2D eigenvalue weighted by Gasteiger charge is -2.20. The van der Waals surface area contributed by atoms with E-state index in [0.717, 1.165) is 12.8 Å². The highest BCUT2D eigenvalue weighted by molar-refractivity contribution is 6.27. The minimum Gasteiger partial charge on any atom is -0.290 e. The highest BCUT2D eigenvalue weighted by Crippen LogP contribution is 2.24. The van der Waals surface area contributed by atoms with E-state index in [9.17, 15) is 14.4 Å². The normalized spacial score (nSPS) is 23.8. The third kappa shape index (κ3) is 2.03. The molecule has 1 aliphatic carbocycles. The second-order valence-electron chi connectivity index (χ2n) is 3.74. The topological polar surface area (TPSA) is 87.6 Å². The zero-order valence-electron chi connectivity index (χ0n) is 8.24. The van der Waals surface area contributed by atoms with Gasteiger partial charge in [-0.25, -0.2) is 4.79 Å². The van der Waals surface area contributed by atoms with Crippen molar-refractivity contribution in [2.75, 3.05) is 0 Å². The summed E-state index contributed by atoms with van der Waals surface area (Å²) in [5, 5.41) is 4.09. The number of nitrogens with zero attached hydrogens (tertiary/aromatic N) is 1. The number of carbonyl (C=O) groups excluding carboxylic acids is 3. The van der Waals surface area contributed by atoms with Gasteiger partial charge in [0.2, 0.25) is 11.8 Å². The summed E-state index contributed by atoms with van der Waals surface area (Å²) in [4.78, 5) is 37.8. The fourth-order valence-corrected chi connectivity index (χ4v) is 1.46. The molecule has 2 fully saturated rings. The number of hydrogen-bond acceptors (Lipinski definition) is 4. The van der Waals surface area contributed by atoms with Crippen LogP contribution in [0.15, 0.2) is 4.99 Å². The number of urea groups is 1. The Morgan fingerprint density at radius 3 is 2.20 bits per heavy atom. The predicted molar refractivity (Wildman–Crippen MR) is 51.3 cm³/mol. The molecule has 80 valence electrons. The van der Waals surface area contributed by atoms with E-state index in [1.807, 2.05) is 10.6 Å². The van der Waals surface area contributed by atoms with Crippen LogP contribution >= 0.6 is 0 Å². The van der Waals surface area contributed by atoms with E-state index in [-0.39, 0.29) is 6.04 Å².